The molecule has 0 aromatic heterocycles. The highest BCUT2D eigenvalue weighted by Gasteiger charge is 2.27. The number of hydrogen-bond donors (Lipinski definition) is 1. The van der Waals surface area contributed by atoms with Crippen molar-refractivity contribution >= 4 is 29.1 Å². The molecule has 0 fully saturated rings. The average molecular weight is 411 g/mol. The first-order valence-corrected chi connectivity index (χ1v) is 9.92. The number of carbonyl (C=O) groups is 1. The van der Waals surface area contributed by atoms with Crippen molar-refractivity contribution in [3.05, 3.63) is 93.5 Å². The zero-order valence-electron chi connectivity index (χ0n) is 15.2. The summed E-state index contributed by atoms with van der Waals surface area (Å²) in [5, 5.41) is 1.28. The first kappa shape index (κ1) is 19.0. The molecule has 0 radical (unpaired) electrons. The first-order valence-electron chi connectivity index (χ1n) is 9.17. The Labute approximate surface area is 174 Å². The summed E-state index contributed by atoms with van der Waals surface area (Å²) in [5.74, 6) is -0.0498. The third-order valence-electron chi connectivity index (χ3n) is 5.12. The first-order chi connectivity index (χ1) is 13.5. The van der Waals surface area contributed by atoms with Crippen molar-refractivity contribution in [2.24, 2.45) is 5.73 Å². The lowest BCUT2D eigenvalue weighted by atomic mass is 10.0. The van der Waals surface area contributed by atoms with E-state index in [9.17, 15) is 4.79 Å². The second kappa shape index (κ2) is 7.96. The fourth-order valence-corrected chi connectivity index (χ4v) is 4.06. The number of hydrogen-bond acceptors (Lipinski definition) is 2. The molecule has 3 aromatic rings. The van der Waals surface area contributed by atoms with Gasteiger partial charge in [0.05, 0.1) is 6.04 Å². The van der Waals surface area contributed by atoms with Crippen LogP contribution in [0.25, 0.3) is 11.1 Å². The van der Waals surface area contributed by atoms with Gasteiger partial charge < -0.3 is 10.6 Å². The second-order valence-electron chi connectivity index (χ2n) is 7.09. The van der Waals surface area contributed by atoms with Crippen molar-refractivity contribution in [3.63, 3.8) is 0 Å². The quantitative estimate of drug-likeness (QED) is 0.652. The molecule has 28 heavy (non-hydrogen) atoms. The van der Waals surface area contributed by atoms with E-state index in [-0.39, 0.29) is 5.91 Å². The maximum absolute atomic E-state index is 12.8. The summed E-state index contributed by atoms with van der Waals surface area (Å²) in [6.07, 6.45) is 0.403. The van der Waals surface area contributed by atoms with E-state index in [1.807, 2.05) is 59.5 Å². The highest BCUT2D eigenvalue weighted by molar-refractivity contribution is 6.32. The Kier molecular flexibility index (Phi) is 5.40. The van der Waals surface area contributed by atoms with Crippen LogP contribution in [0.1, 0.15) is 16.7 Å². The van der Waals surface area contributed by atoms with Gasteiger partial charge in [-0.3, -0.25) is 4.79 Å². The van der Waals surface area contributed by atoms with Gasteiger partial charge in [-0.25, -0.2) is 0 Å². The number of amides is 1. The van der Waals surface area contributed by atoms with Crippen LogP contribution in [-0.4, -0.2) is 16.8 Å². The zero-order valence-corrected chi connectivity index (χ0v) is 16.8. The smallest absolute Gasteiger partial charge is 0.240 e. The van der Waals surface area contributed by atoms with E-state index < -0.39 is 6.04 Å². The molecule has 0 saturated carbocycles. The predicted octanol–water partition coefficient (Wildman–Crippen LogP) is 5.07. The van der Waals surface area contributed by atoms with Gasteiger partial charge in [-0.15, -0.1) is 0 Å². The number of benzene rings is 3. The lowest BCUT2D eigenvalue weighted by Gasteiger charge is -2.21. The normalized spacial score (nSPS) is 14.0. The number of rotatable bonds is 4. The Balaban J connectivity index is 1.46. The lowest BCUT2D eigenvalue weighted by Crippen LogP contribution is -2.42. The highest BCUT2D eigenvalue weighted by atomic mass is 35.5. The number of carbonyl (C=O) groups excluding carboxylic acids is 1. The summed E-state index contributed by atoms with van der Waals surface area (Å²) in [4.78, 5) is 14.6. The molecule has 1 unspecified atom stereocenters. The van der Waals surface area contributed by atoms with Crippen LogP contribution in [0.15, 0.2) is 66.7 Å². The van der Waals surface area contributed by atoms with E-state index in [0.29, 0.717) is 29.6 Å². The minimum atomic E-state index is -0.621. The monoisotopic (exact) mass is 410 g/mol. The summed E-state index contributed by atoms with van der Waals surface area (Å²) < 4.78 is 0. The Bertz CT molecular complexity index is 1010. The zero-order chi connectivity index (χ0) is 19.7. The molecule has 3 aromatic carbocycles. The SMILES string of the molecule is NC(Cc1ccc(-c2cccc(Cl)c2)cc1Cl)C(=O)N1Cc2ccccc2C1. The molecule has 4 rings (SSSR count). The Morgan fingerprint density at radius 1 is 0.929 bits per heavy atom. The Hall–Kier alpha value is -2.33. The molecular formula is C23H20Cl2N2O. The minimum absolute atomic E-state index is 0.0498. The van der Waals surface area contributed by atoms with Gasteiger partial charge in [-0.1, -0.05) is 71.7 Å². The number of halogens is 2. The Morgan fingerprint density at radius 2 is 1.61 bits per heavy atom. The van der Waals surface area contributed by atoms with Gasteiger partial charge in [0, 0.05) is 23.1 Å². The van der Waals surface area contributed by atoms with Crippen molar-refractivity contribution in [1.82, 2.24) is 4.90 Å². The van der Waals surface area contributed by atoms with E-state index >= 15 is 0 Å². The van der Waals surface area contributed by atoms with Crippen molar-refractivity contribution < 1.29 is 4.79 Å². The maximum Gasteiger partial charge on any atom is 0.240 e. The van der Waals surface area contributed by atoms with Crippen LogP contribution in [0.5, 0.6) is 0 Å². The van der Waals surface area contributed by atoms with Crippen molar-refractivity contribution in [3.8, 4) is 11.1 Å². The van der Waals surface area contributed by atoms with E-state index in [4.69, 9.17) is 28.9 Å². The third-order valence-corrected chi connectivity index (χ3v) is 5.71. The van der Waals surface area contributed by atoms with E-state index in [0.717, 1.165) is 16.7 Å². The summed E-state index contributed by atoms with van der Waals surface area (Å²) in [5.41, 5.74) is 11.4. The number of nitrogens with zero attached hydrogens (tertiary/aromatic N) is 1. The van der Waals surface area contributed by atoms with Gasteiger partial charge in [0.2, 0.25) is 5.91 Å². The molecule has 1 heterocycles. The lowest BCUT2D eigenvalue weighted by molar-refractivity contribution is -0.133. The third kappa shape index (κ3) is 3.93. The summed E-state index contributed by atoms with van der Waals surface area (Å²) in [6, 6.07) is 20.9. The van der Waals surface area contributed by atoms with E-state index in [1.54, 1.807) is 0 Å². The average Bonchev–Trinajstić information content (AvgIpc) is 3.13. The molecule has 3 nitrogen and oxygen atoms in total. The van der Waals surface area contributed by atoms with Crippen LogP contribution >= 0.6 is 23.2 Å². The summed E-state index contributed by atoms with van der Waals surface area (Å²) in [7, 11) is 0. The van der Waals surface area contributed by atoms with Crippen LogP contribution in [0.2, 0.25) is 10.0 Å². The molecule has 0 aliphatic carbocycles. The fourth-order valence-electron chi connectivity index (χ4n) is 3.61. The fraction of sp³-hybridized carbons (Fsp3) is 0.174. The largest absolute Gasteiger partial charge is 0.333 e. The standard InChI is InChI=1S/C23H20Cl2N2O/c24-20-7-3-6-15(10-20)16-8-9-17(21(25)11-16)12-22(26)23(28)27-13-18-4-1-2-5-19(18)14-27/h1-11,22H,12-14,26H2. The predicted molar refractivity (Wildman–Crippen MR) is 114 cm³/mol. The molecule has 1 amide bonds. The molecule has 0 spiro atoms. The van der Waals surface area contributed by atoms with Crippen LogP contribution < -0.4 is 5.73 Å². The number of nitrogens with two attached hydrogens (primary N) is 1. The molecule has 2 N–H and O–H groups in total. The molecular weight excluding hydrogens is 391 g/mol. The summed E-state index contributed by atoms with van der Waals surface area (Å²) >= 11 is 12.6. The van der Waals surface area contributed by atoms with Crippen LogP contribution in [-0.2, 0) is 24.3 Å². The topological polar surface area (TPSA) is 46.3 Å². The van der Waals surface area contributed by atoms with E-state index in [1.165, 1.54) is 11.1 Å². The van der Waals surface area contributed by atoms with E-state index in [2.05, 4.69) is 12.1 Å². The van der Waals surface area contributed by atoms with Gasteiger partial charge >= 0.3 is 0 Å². The van der Waals surface area contributed by atoms with Gasteiger partial charge in [0.15, 0.2) is 0 Å². The highest BCUT2D eigenvalue weighted by Crippen LogP contribution is 2.29. The van der Waals surface area contributed by atoms with Crippen LogP contribution in [0.3, 0.4) is 0 Å². The molecule has 1 aliphatic rings. The van der Waals surface area contributed by atoms with Crippen LogP contribution in [0.4, 0.5) is 0 Å². The maximum atomic E-state index is 12.8. The molecule has 1 atom stereocenters. The molecule has 5 heteroatoms. The van der Waals surface area contributed by atoms with Crippen LogP contribution in [0, 0.1) is 0 Å². The van der Waals surface area contributed by atoms with Crippen molar-refractivity contribution in [1.29, 1.82) is 0 Å². The Morgan fingerprint density at radius 3 is 2.25 bits per heavy atom. The van der Waals surface area contributed by atoms with Gasteiger partial charge in [0.1, 0.15) is 0 Å². The molecule has 0 bridgehead atoms. The van der Waals surface area contributed by atoms with Crippen molar-refractivity contribution in [2.45, 2.75) is 25.6 Å². The van der Waals surface area contributed by atoms with Gasteiger partial charge in [0.25, 0.3) is 0 Å². The minimum Gasteiger partial charge on any atom is -0.333 e. The molecule has 0 saturated heterocycles. The summed E-state index contributed by atoms with van der Waals surface area (Å²) in [6.45, 7) is 1.23. The van der Waals surface area contributed by atoms with Gasteiger partial charge in [-0.05, 0) is 52.4 Å². The van der Waals surface area contributed by atoms with Crippen molar-refractivity contribution in [2.75, 3.05) is 0 Å². The van der Waals surface area contributed by atoms with Gasteiger partial charge in [-0.2, -0.15) is 0 Å². The molecule has 142 valence electrons. The second-order valence-corrected chi connectivity index (χ2v) is 7.93. The molecule has 1 aliphatic heterocycles. The number of fused-ring (bicyclic) bond motifs is 1.